The third-order valence-electron chi connectivity index (χ3n) is 9.15. The van der Waals surface area contributed by atoms with Crippen molar-refractivity contribution >= 4 is 23.4 Å². The number of amides is 3. The summed E-state index contributed by atoms with van der Waals surface area (Å²) >= 11 is 0. The SMILES string of the molecule is COc1ccc(NC(=O)CN2CC[C@@H]3NC(=O)[C@@H](Cc4ccccc4)NC(=O)C4(CC=CC[C@@H]3C2)CCOCC4)c(OC)c1. The molecule has 3 aliphatic rings. The molecule has 2 aromatic carbocycles. The predicted molar refractivity (Wildman–Crippen MR) is 168 cm³/mol. The Labute approximate surface area is 259 Å². The van der Waals surface area contributed by atoms with E-state index in [0.29, 0.717) is 75.6 Å². The van der Waals surface area contributed by atoms with Gasteiger partial charge in [-0.1, -0.05) is 42.5 Å². The molecule has 10 heteroatoms. The molecule has 1 spiro atoms. The number of fused-ring (bicyclic) bond motifs is 1. The van der Waals surface area contributed by atoms with Crippen molar-refractivity contribution in [2.75, 3.05) is 52.4 Å². The molecule has 0 bridgehead atoms. The largest absolute Gasteiger partial charge is 0.497 e. The Hall–Kier alpha value is -3.89. The van der Waals surface area contributed by atoms with Crippen LogP contribution in [-0.2, 0) is 25.5 Å². The molecule has 0 saturated carbocycles. The number of benzene rings is 2. The number of allylic oxidation sites excluding steroid dienone is 2. The number of carbonyl (C=O) groups is 3. The maximum atomic E-state index is 13.8. The van der Waals surface area contributed by atoms with Crippen molar-refractivity contribution in [2.24, 2.45) is 11.3 Å². The highest BCUT2D eigenvalue weighted by atomic mass is 16.5. The average Bonchev–Trinajstić information content (AvgIpc) is 3.04. The first kappa shape index (κ1) is 31.5. The summed E-state index contributed by atoms with van der Waals surface area (Å²) in [7, 11) is 3.14. The zero-order valence-electron chi connectivity index (χ0n) is 25.7. The van der Waals surface area contributed by atoms with Gasteiger partial charge < -0.3 is 30.2 Å². The third kappa shape index (κ3) is 7.78. The first-order valence-corrected chi connectivity index (χ1v) is 15.5. The maximum absolute atomic E-state index is 13.8. The van der Waals surface area contributed by atoms with Crippen LogP contribution in [0.5, 0.6) is 11.5 Å². The Morgan fingerprint density at radius 3 is 2.59 bits per heavy atom. The van der Waals surface area contributed by atoms with Gasteiger partial charge in [0.2, 0.25) is 17.7 Å². The summed E-state index contributed by atoms with van der Waals surface area (Å²) in [5, 5.41) is 9.40. The number of hydrogen-bond donors (Lipinski definition) is 3. The normalized spacial score (nSPS) is 24.2. The fourth-order valence-electron chi connectivity index (χ4n) is 6.49. The van der Waals surface area contributed by atoms with E-state index in [2.05, 4.69) is 33.0 Å². The second-order valence-corrected chi connectivity index (χ2v) is 12.0. The highest BCUT2D eigenvalue weighted by Gasteiger charge is 2.41. The van der Waals surface area contributed by atoms with Crippen LogP contribution in [0.25, 0.3) is 0 Å². The molecule has 236 valence electrons. The van der Waals surface area contributed by atoms with Crippen LogP contribution in [0.4, 0.5) is 5.69 Å². The third-order valence-corrected chi connectivity index (χ3v) is 9.15. The number of anilines is 1. The van der Waals surface area contributed by atoms with Gasteiger partial charge in [0.15, 0.2) is 0 Å². The monoisotopic (exact) mass is 604 g/mol. The van der Waals surface area contributed by atoms with Crippen molar-refractivity contribution in [3.8, 4) is 11.5 Å². The minimum atomic E-state index is -0.683. The number of nitrogens with one attached hydrogen (secondary N) is 3. The lowest BCUT2D eigenvalue weighted by molar-refractivity contribution is -0.140. The minimum Gasteiger partial charge on any atom is -0.497 e. The molecule has 3 atom stereocenters. The molecule has 0 radical (unpaired) electrons. The van der Waals surface area contributed by atoms with E-state index >= 15 is 0 Å². The van der Waals surface area contributed by atoms with E-state index < -0.39 is 11.5 Å². The lowest BCUT2D eigenvalue weighted by Gasteiger charge is -2.40. The molecule has 3 amide bonds. The Balaban J connectivity index is 1.30. The molecule has 3 N–H and O–H groups in total. The quantitative estimate of drug-likeness (QED) is 0.415. The van der Waals surface area contributed by atoms with E-state index in [1.165, 1.54) is 0 Å². The van der Waals surface area contributed by atoms with Gasteiger partial charge in [0, 0.05) is 44.8 Å². The number of methoxy groups -OCH3 is 2. The van der Waals surface area contributed by atoms with Crippen LogP contribution in [0.15, 0.2) is 60.7 Å². The molecule has 44 heavy (non-hydrogen) atoms. The Morgan fingerprint density at radius 1 is 1.05 bits per heavy atom. The van der Waals surface area contributed by atoms with Gasteiger partial charge in [-0.05, 0) is 55.7 Å². The molecular weight excluding hydrogens is 560 g/mol. The summed E-state index contributed by atoms with van der Waals surface area (Å²) in [6, 6.07) is 14.3. The van der Waals surface area contributed by atoms with Crippen LogP contribution in [0.2, 0.25) is 0 Å². The Morgan fingerprint density at radius 2 is 1.84 bits per heavy atom. The smallest absolute Gasteiger partial charge is 0.243 e. The molecule has 3 heterocycles. The molecule has 10 nitrogen and oxygen atoms in total. The lowest BCUT2D eigenvalue weighted by Crippen LogP contribution is -2.58. The molecule has 0 unspecified atom stereocenters. The van der Waals surface area contributed by atoms with Crippen molar-refractivity contribution < 1.29 is 28.6 Å². The van der Waals surface area contributed by atoms with Crippen LogP contribution >= 0.6 is 0 Å². The van der Waals surface area contributed by atoms with Gasteiger partial charge in [-0.25, -0.2) is 0 Å². The number of hydrogen-bond acceptors (Lipinski definition) is 7. The summed E-state index contributed by atoms with van der Waals surface area (Å²) in [4.78, 5) is 42.8. The van der Waals surface area contributed by atoms with E-state index in [9.17, 15) is 14.4 Å². The Kier molecular flexibility index (Phi) is 10.6. The number of rotatable bonds is 7. The first-order chi connectivity index (χ1) is 21.4. The molecule has 2 saturated heterocycles. The van der Waals surface area contributed by atoms with E-state index in [-0.39, 0.29) is 36.2 Å². The zero-order chi connectivity index (χ0) is 30.9. The molecule has 2 fully saturated rings. The van der Waals surface area contributed by atoms with Crippen molar-refractivity contribution in [1.29, 1.82) is 0 Å². The van der Waals surface area contributed by atoms with Gasteiger partial charge in [0.25, 0.3) is 0 Å². The van der Waals surface area contributed by atoms with Crippen LogP contribution in [-0.4, -0.2) is 81.8 Å². The number of likely N-dealkylation sites (tertiary alicyclic amines) is 1. The van der Waals surface area contributed by atoms with Crippen molar-refractivity contribution in [3.05, 3.63) is 66.2 Å². The van der Waals surface area contributed by atoms with E-state index in [4.69, 9.17) is 14.2 Å². The zero-order valence-corrected chi connectivity index (χ0v) is 25.7. The van der Waals surface area contributed by atoms with Gasteiger partial charge in [-0.3, -0.25) is 19.3 Å². The summed E-state index contributed by atoms with van der Waals surface area (Å²) < 4.78 is 16.3. The summed E-state index contributed by atoms with van der Waals surface area (Å²) in [5.74, 6) is 0.919. The van der Waals surface area contributed by atoms with E-state index in [0.717, 1.165) is 12.0 Å². The topological polar surface area (TPSA) is 118 Å². The number of nitrogens with zero attached hydrogens (tertiary/aromatic N) is 1. The molecular formula is C34H44N4O6. The van der Waals surface area contributed by atoms with E-state index in [1.807, 2.05) is 30.3 Å². The van der Waals surface area contributed by atoms with Crippen LogP contribution < -0.4 is 25.4 Å². The predicted octanol–water partition coefficient (Wildman–Crippen LogP) is 3.32. The first-order valence-electron chi connectivity index (χ1n) is 15.5. The minimum absolute atomic E-state index is 0.0696. The number of carbonyl (C=O) groups excluding carboxylic acids is 3. The summed E-state index contributed by atoms with van der Waals surface area (Å²) in [5.41, 5.74) is 0.983. The van der Waals surface area contributed by atoms with Gasteiger partial charge in [0.1, 0.15) is 17.5 Å². The summed E-state index contributed by atoms with van der Waals surface area (Å²) in [6.45, 7) is 2.61. The lowest BCUT2D eigenvalue weighted by atomic mass is 9.75. The fourth-order valence-corrected chi connectivity index (χ4v) is 6.49. The van der Waals surface area contributed by atoms with Gasteiger partial charge >= 0.3 is 0 Å². The highest BCUT2D eigenvalue weighted by molar-refractivity contribution is 5.94. The molecule has 0 aliphatic carbocycles. The van der Waals surface area contributed by atoms with Crippen LogP contribution in [0.1, 0.15) is 37.7 Å². The number of piperidine rings is 1. The van der Waals surface area contributed by atoms with E-state index in [1.54, 1.807) is 32.4 Å². The molecule has 3 aliphatic heterocycles. The second kappa shape index (κ2) is 14.7. The van der Waals surface area contributed by atoms with Crippen molar-refractivity contribution in [3.63, 3.8) is 0 Å². The highest BCUT2D eigenvalue weighted by Crippen LogP contribution is 2.36. The summed E-state index contributed by atoms with van der Waals surface area (Å²) in [6.07, 6.45) is 7.98. The Bertz CT molecular complexity index is 1330. The molecule has 0 aromatic heterocycles. The standard InChI is InChI=1S/C34H44N4O6/c1-42-26-11-12-28(30(21-26)43-2)35-31(39)23-38-17-13-27-25(22-38)10-6-7-14-34(15-18-44-19-16-34)33(41)37-29(32(40)36-27)20-24-8-4-3-5-9-24/h3-9,11-12,21,25,27,29H,10,13-20,22-23H2,1-2H3,(H,35,39)(H,36,40)(H,37,41)/t25-,27+,29-/m1/s1. The molecule has 2 aromatic rings. The second-order valence-electron chi connectivity index (χ2n) is 12.0. The molecule has 5 rings (SSSR count). The number of ether oxygens (including phenoxy) is 3. The van der Waals surface area contributed by atoms with Gasteiger partial charge in [-0.2, -0.15) is 0 Å². The van der Waals surface area contributed by atoms with Crippen molar-refractivity contribution in [2.45, 2.75) is 50.6 Å². The van der Waals surface area contributed by atoms with Gasteiger partial charge in [0.05, 0.1) is 31.9 Å². The van der Waals surface area contributed by atoms with Crippen LogP contribution in [0.3, 0.4) is 0 Å². The average molecular weight is 605 g/mol. The van der Waals surface area contributed by atoms with Crippen molar-refractivity contribution in [1.82, 2.24) is 15.5 Å². The van der Waals surface area contributed by atoms with Gasteiger partial charge in [-0.15, -0.1) is 0 Å². The maximum Gasteiger partial charge on any atom is 0.243 e. The van der Waals surface area contributed by atoms with Crippen LogP contribution in [0, 0.1) is 11.3 Å². The fraction of sp³-hybridized carbons (Fsp3) is 0.500.